The lowest BCUT2D eigenvalue weighted by atomic mass is 10.2. The second-order valence-corrected chi connectivity index (χ2v) is 7.18. The normalized spacial score (nSPS) is 12.3. The van der Waals surface area contributed by atoms with E-state index >= 15 is 0 Å². The van der Waals surface area contributed by atoms with Gasteiger partial charge in [0.15, 0.2) is 4.80 Å². The number of aromatic nitrogens is 1. The summed E-state index contributed by atoms with van der Waals surface area (Å²) in [6.45, 7) is 2.02. The van der Waals surface area contributed by atoms with Crippen molar-refractivity contribution in [1.29, 1.82) is 0 Å². The molecule has 2 heterocycles. The number of para-hydroxylation sites is 1. The van der Waals surface area contributed by atoms with Gasteiger partial charge in [-0.05, 0) is 30.7 Å². The Bertz CT molecular complexity index is 1040. The number of amides is 1. The highest BCUT2D eigenvalue weighted by molar-refractivity contribution is 7.16. The molecule has 24 heavy (non-hydrogen) atoms. The molecule has 122 valence electrons. The van der Waals surface area contributed by atoms with E-state index in [1.54, 1.807) is 12.1 Å². The molecule has 0 saturated heterocycles. The van der Waals surface area contributed by atoms with Crippen LogP contribution < -0.4 is 4.80 Å². The molecule has 0 bridgehead atoms. The van der Waals surface area contributed by atoms with E-state index < -0.39 is 10.8 Å². The number of nitrogens with zero attached hydrogens (tertiary/aromatic N) is 3. The van der Waals surface area contributed by atoms with E-state index in [9.17, 15) is 14.9 Å². The van der Waals surface area contributed by atoms with Crippen LogP contribution in [0.2, 0.25) is 0 Å². The Morgan fingerprint density at radius 3 is 2.75 bits per heavy atom. The Hall–Kier alpha value is -2.58. The molecule has 3 rings (SSSR count). The molecule has 2 aromatic heterocycles. The zero-order valence-electron chi connectivity index (χ0n) is 12.9. The zero-order valence-corrected chi connectivity index (χ0v) is 14.6. The number of benzene rings is 1. The van der Waals surface area contributed by atoms with Gasteiger partial charge in [-0.25, -0.2) is 0 Å². The monoisotopic (exact) mass is 359 g/mol. The fourth-order valence-electron chi connectivity index (χ4n) is 2.32. The first kappa shape index (κ1) is 16.3. The summed E-state index contributed by atoms with van der Waals surface area (Å²) in [7, 11) is 1.88. The first-order valence-corrected chi connectivity index (χ1v) is 8.65. The van der Waals surface area contributed by atoms with Crippen molar-refractivity contribution < 1.29 is 9.72 Å². The van der Waals surface area contributed by atoms with E-state index in [1.165, 1.54) is 23.5 Å². The predicted molar refractivity (Wildman–Crippen MR) is 96.1 cm³/mol. The van der Waals surface area contributed by atoms with Gasteiger partial charge in [0.2, 0.25) is 0 Å². The molecule has 0 N–H and O–H groups in total. The fraction of sp³-hybridized carbons (Fsp3) is 0.125. The van der Waals surface area contributed by atoms with Gasteiger partial charge < -0.3 is 4.57 Å². The van der Waals surface area contributed by atoms with Crippen molar-refractivity contribution in [2.75, 3.05) is 0 Å². The smallest absolute Gasteiger partial charge is 0.319 e. The lowest BCUT2D eigenvalue weighted by Crippen LogP contribution is -2.12. The van der Waals surface area contributed by atoms with Gasteiger partial charge in [0.05, 0.1) is 15.1 Å². The molecule has 0 unspecified atom stereocenters. The first-order valence-electron chi connectivity index (χ1n) is 7.02. The Kier molecular flexibility index (Phi) is 4.41. The highest BCUT2D eigenvalue weighted by Crippen LogP contribution is 2.24. The molecule has 6 nitrogen and oxygen atoms in total. The van der Waals surface area contributed by atoms with Gasteiger partial charge in [-0.1, -0.05) is 34.8 Å². The van der Waals surface area contributed by atoms with Crippen LogP contribution in [-0.4, -0.2) is 15.4 Å². The molecule has 0 atom stereocenters. The zero-order chi connectivity index (χ0) is 17.3. The number of aryl methyl sites for hydroxylation is 2. The summed E-state index contributed by atoms with van der Waals surface area (Å²) in [6.07, 6.45) is 2.87. The quantitative estimate of drug-likeness (QED) is 0.407. The van der Waals surface area contributed by atoms with Gasteiger partial charge in [0.25, 0.3) is 5.91 Å². The maximum absolute atomic E-state index is 12.1. The van der Waals surface area contributed by atoms with Crippen molar-refractivity contribution in [2.45, 2.75) is 6.92 Å². The SMILES string of the molecule is Cc1cccc2sc(=NC(=O)/C=C/c3ccc([N+](=O)[O-])s3)n(C)c12. The Labute approximate surface area is 145 Å². The number of carbonyl (C=O) groups excluding carboxylic acids is 1. The number of hydrogen-bond donors (Lipinski definition) is 0. The molecule has 0 aliphatic carbocycles. The van der Waals surface area contributed by atoms with Gasteiger partial charge >= 0.3 is 5.00 Å². The maximum Gasteiger partial charge on any atom is 0.324 e. The molecular formula is C16H13N3O3S2. The third-order valence-corrected chi connectivity index (χ3v) is 5.51. The summed E-state index contributed by atoms with van der Waals surface area (Å²) < 4.78 is 2.97. The highest BCUT2D eigenvalue weighted by Gasteiger charge is 2.08. The van der Waals surface area contributed by atoms with Crippen LogP contribution in [0.5, 0.6) is 0 Å². The third kappa shape index (κ3) is 3.19. The number of hydrogen-bond acceptors (Lipinski definition) is 5. The number of fused-ring (bicyclic) bond motifs is 1. The number of thiophene rings is 1. The molecule has 1 amide bonds. The average molecular weight is 359 g/mol. The third-order valence-electron chi connectivity index (χ3n) is 3.41. The fourth-order valence-corrected chi connectivity index (χ4v) is 4.15. The molecule has 1 aromatic carbocycles. The van der Waals surface area contributed by atoms with Crippen LogP contribution in [0.15, 0.2) is 41.4 Å². The minimum Gasteiger partial charge on any atom is -0.319 e. The molecule has 8 heteroatoms. The molecule has 0 radical (unpaired) electrons. The number of rotatable bonds is 3. The standard InChI is InChI=1S/C16H13N3O3S2/c1-10-4-3-5-12-15(10)18(2)16(24-12)17-13(20)8-6-11-7-9-14(23-11)19(21)22/h3-9H,1-2H3/b8-6+,17-16?. The van der Waals surface area contributed by atoms with E-state index in [0.29, 0.717) is 9.68 Å². The van der Waals surface area contributed by atoms with E-state index in [-0.39, 0.29) is 5.00 Å². The average Bonchev–Trinajstić information content (AvgIpc) is 3.12. The van der Waals surface area contributed by atoms with Crippen molar-refractivity contribution >= 4 is 49.9 Å². The highest BCUT2D eigenvalue weighted by atomic mass is 32.1. The van der Waals surface area contributed by atoms with Crippen LogP contribution in [0.1, 0.15) is 10.4 Å². The summed E-state index contributed by atoms with van der Waals surface area (Å²) >= 11 is 2.47. The largest absolute Gasteiger partial charge is 0.324 e. The lowest BCUT2D eigenvalue weighted by molar-refractivity contribution is -0.380. The summed E-state index contributed by atoms with van der Waals surface area (Å²) in [5.74, 6) is -0.397. The van der Waals surface area contributed by atoms with E-state index in [4.69, 9.17) is 0 Å². The molecular weight excluding hydrogens is 346 g/mol. The summed E-state index contributed by atoms with van der Waals surface area (Å²) in [4.78, 5) is 27.6. The lowest BCUT2D eigenvalue weighted by Gasteiger charge is -1.98. The minimum absolute atomic E-state index is 0.0467. The van der Waals surface area contributed by atoms with Gasteiger partial charge in [-0.3, -0.25) is 14.9 Å². The molecule has 0 aliphatic heterocycles. The number of thiazole rings is 1. The summed E-state index contributed by atoms with van der Waals surface area (Å²) in [5.41, 5.74) is 2.19. The van der Waals surface area contributed by atoms with E-state index in [1.807, 2.05) is 36.7 Å². The number of carbonyl (C=O) groups is 1. The second-order valence-electron chi connectivity index (χ2n) is 5.08. The van der Waals surface area contributed by atoms with Crippen LogP contribution in [0.3, 0.4) is 0 Å². The van der Waals surface area contributed by atoms with Crippen molar-refractivity contribution in [1.82, 2.24) is 4.57 Å². The Balaban J connectivity index is 1.89. The van der Waals surface area contributed by atoms with Crippen molar-refractivity contribution in [3.63, 3.8) is 0 Å². The molecule has 0 aliphatic rings. The van der Waals surface area contributed by atoms with Crippen LogP contribution in [0.4, 0.5) is 5.00 Å². The molecule has 0 fully saturated rings. The predicted octanol–water partition coefficient (Wildman–Crippen LogP) is 3.66. The Morgan fingerprint density at radius 1 is 1.29 bits per heavy atom. The molecule has 0 spiro atoms. The first-order chi connectivity index (χ1) is 11.5. The second kappa shape index (κ2) is 6.50. The van der Waals surface area contributed by atoms with Crippen molar-refractivity contribution in [3.05, 3.63) is 61.8 Å². The topological polar surface area (TPSA) is 77.5 Å². The van der Waals surface area contributed by atoms with Crippen LogP contribution in [0.25, 0.3) is 16.3 Å². The van der Waals surface area contributed by atoms with Gasteiger partial charge in [0, 0.05) is 24.1 Å². The Morgan fingerprint density at radius 2 is 2.08 bits per heavy atom. The molecule has 0 saturated carbocycles. The summed E-state index contributed by atoms with van der Waals surface area (Å²) in [6, 6.07) is 9.01. The van der Waals surface area contributed by atoms with Crippen LogP contribution in [-0.2, 0) is 11.8 Å². The van der Waals surface area contributed by atoms with Crippen LogP contribution >= 0.6 is 22.7 Å². The molecule has 3 aromatic rings. The van der Waals surface area contributed by atoms with E-state index in [0.717, 1.165) is 27.1 Å². The van der Waals surface area contributed by atoms with Gasteiger partial charge in [-0.2, -0.15) is 4.99 Å². The van der Waals surface area contributed by atoms with Gasteiger partial charge in [-0.15, -0.1) is 0 Å². The van der Waals surface area contributed by atoms with Crippen molar-refractivity contribution in [3.8, 4) is 0 Å². The van der Waals surface area contributed by atoms with Crippen molar-refractivity contribution in [2.24, 2.45) is 12.0 Å². The van der Waals surface area contributed by atoms with E-state index in [2.05, 4.69) is 4.99 Å². The summed E-state index contributed by atoms with van der Waals surface area (Å²) in [5, 5.41) is 10.7. The number of nitro groups is 1. The van der Waals surface area contributed by atoms with Gasteiger partial charge in [0.1, 0.15) is 0 Å². The minimum atomic E-state index is -0.451. The maximum atomic E-state index is 12.1. The van der Waals surface area contributed by atoms with Crippen LogP contribution in [0, 0.1) is 17.0 Å².